The van der Waals surface area contributed by atoms with Gasteiger partial charge in [0.25, 0.3) is 10.0 Å². The fourth-order valence-corrected chi connectivity index (χ4v) is 6.74. The van der Waals surface area contributed by atoms with Crippen LogP contribution in [0.15, 0.2) is 65.6 Å². The molecule has 1 saturated heterocycles. The van der Waals surface area contributed by atoms with Crippen molar-refractivity contribution in [3.05, 3.63) is 71.2 Å². The molecule has 0 amide bonds. The number of nitrogens with zero attached hydrogens (tertiary/aromatic N) is 2. The normalized spacial score (nSPS) is 18.9. The van der Waals surface area contributed by atoms with Crippen LogP contribution in [0.2, 0.25) is 5.02 Å². The van der Waals surface area contributed by atoms with E-state index in [2.05, 4.69) is 17.0 Å². The summed E-state index contributed by atoms with van der Waals surface area (Å²) in [7, 11) is -3.45. The van der Waals surface area contributed by atoms with E-state index in [1.165, 1.54) is 5.56 Å². The van der Waals surface area contributed by atoms with Crippen LogP contribution in [0, 0.1) is 0 Å². The predicted molar refractivity (Wildman–Crippen MR) is 123 cm³/mol. The van der Waals surface area contributed by atoms with Gasteiger partial charge < -0.3 is 4.90 Å². The van der Waals surface area contributed by atoms with Crippen molar-refractivity contribution in [2.75, 3.05) is 30.5 Å². The van der Waals surface area contributed by atoms with Crippen LogP contribution in [0.5, 0.6) is 0 Å². The predicted octanol–water partition coefficient (Wildman–Crippen LogP) is 5.27. The smallest absolute Gasteiger partial charge is 0.265 e. The summed E-state index contributed by atoms with van der Waals surface area (Å²) in [6.07, 6.45) is 3.10. The molecular formula is C24H25ClN2O2S. The number of anilines is 1. The van der Waals surface area contributed by atoms with Gasteiger partial charge in [-0.25, -0.2) is 8.42 Å². The highest BCUT2D eigenvalue weighted by molar-refractivity contribution is 7.93. The van der Waals surface area contributed by atoms with Gasteiger partial charge in [-0.3, -0.25) is 4.31 Å². The fraction of sp³-hybridized carbons (Fsp3) is 0.333. The lowest BCUT2D eigenvalue weighted by Crippen LogP contribution is -2.36. The second-order valence-electron chi connectivity index (χ2n) is 8.23. The van der Waals surface area contributed by atoms with E-state index in [0.717, 1.165) is 60.4 Å². The van der Waals surface area contributed by atoms with Crippen molar-refractivity contribution in [1.29, 1.82) is 0 Å². The molecule has 0 bridgehead atoms. The van der Waals surface area contributed by atoms with Crippen molar-refractivity contribution in [1.82, 2.24) is 4.90 Å². The lowest BCUT2D eigenvalue weighted by molar-refractivity contribution is 0.211. The van der Waals surface area contributed by atoms with Gasteiger partial charge in [-0.2, -0.15) is 0 Å². The largest absolute Gasteiger partial charge is 0.303 e. The molecule has 0 atom stereocenters. The van der Waals surface area contributed by atoms with Crippen molar-refractivity contribution in [2.24, 2.45) is 0 Å². The monoisotopic (exact) mass is 440 g/mol. The summed E-state index contributed by atoms with van der Waals surface area (Å²) in [5.41, 5.74) is 2.19. The van der Waals surface area contributed by atoms with Gasteiger partial charge in [0.15, 0.2) is 0 Å². The molecular weight excluding hydrogens is 416 g/mol. The van der Waals surface area contributed by atoms with E-state index >= 15 is 0 Å². The Kier molecular flexibility index (Phi) is 5.21. The molecule has 2 aliphatic heterocycles. The molecule has 30 heavy (non-hydrogen) atoms. The molecule has 0 N–H and O–H groups in total. The summed E-state index contributed by atoms with van der Waals surface area (Å²) >= 11 is 6.00. The molecule has 0 aromatic heterocycles. The molecule has 2 heterocycles. The summed E-state index contributed by atoms with van der Waals surface area (Å²) in [5, 5.41) is 2.63. The molecule has 1 fully saturated rings. The van der Waals surface area contributed by atoms with E-state index in [-0.39, 0.29) is 0 Å². The molecule has 0 aliphatic carbocycles. The molecule has 0 radical (unpaired) electrons. The lowest BCUT2D eigenvalue weighted by atomic mass is 9.89. The third-order valence-corrected chi connectivity index (χ3v) is 8.55. The highest BCUT2D eigenvalue weighted by Crippen LogP contribution is 2.42. The van der Waals surface area contributed by atoms with E-state index in [1.54, 1.807) is 10.4 Å². The first-order valence-corrected chi connectivity index (χ1v) is 12.4. The minimum atomic E-state index is -3.45. The average Bonchev–Trinajstić information content (AvgIpc) is 2.98. The quantitative estimate of drug-likeness (QED) is 0.542. The second-order valence-corrected chi connectivity index (χ2v) is 10.5. The zero-order chi connectivity index (χ0) is 20.7. The first kappa shape index (κ1) is 19.9. The van der Waals surface area contributed by atoms with Crippen LogP contribution < -0.4 is 4.31 Å². The highest BCUT2D eigenvalue weighted by atomic mass is 35.5. The Hall–Kier alpha value is -2.08. The van der Waals surface area contributed by atoms with Crippen LogP contribution >= 0.6 is 11.6 Å². The fourth-order valence-electron chi connectivity index (χ4n) is 4.86. The Balaban J connectivity index is 1.20. The molecule has 3 aromatic rings. The van der Waals surface area contributed by atoms with Gasteiger partial charge >= 0.3 is 0 Å². The van der Waals surface area contributed by atoms with Crippen molar-refractivity contribution in [3.63, 3.8) is 0 Å². The summed E-state index contributed by atoms with van der Waals surface area (Å²) in [6.45, 7) is 3.55. The van der Waals surface area contributed by atoms with Crippen LogP contribution in [-0.2, 0) is 10.0 Å². The van der Waals surface area contributed by atoms with Crippen LogP contribution in [0.25, 0.3) is 10.8 Å². The number of rotatable bonds is 5. The summed E-state index contributed by atoms with van der Waals surface area (Å²) < 4.78 is 27.7. The topological polar surface area (TPSA) is 40.6 Å². The van der Waals surface area contributed by atoms with Crippen LogP contribution in [0.4, 0.5) is 5.69 Å². The van der Waals surface area contributed by atoms with Crippen molar-refractivity contribution >= 4 is 38.1 Å². The minimum Gasteiger partial charge on any atom is -0.303 e. The molecule has 0 unspecified atom stereocenters. The van der Waals surface area contributed by atoms with Gasteiger partial charge in [0, 0.05) is 17.0 Å². The van der Waals surface area contributed by atoms with Gasteiger partial charge in [-0.15, -0.1) is 0 Å². The molecule has 2 aliphatic rings. The lowest BCUT2D eigenvalue weighted by Gasteiger charge is -2.32. The molecule has 0 saturated carbocycles. The standard InChI is InChI=1S/C24H25ClN2O2S/c25-21-10-8-18(9-11-21)19-12-16-26(17-13-19)14-3-15-27-22-6-1-4-20-5-2-7-23(24(20)22)30(27,28)29/h1-2,4-11,19H,3,12-17H2. The summed E-state index contributed by atoms with van der Waals surface area (Å²) in [4.78, 5) is 2.91. The first-order chi connectivity index (χ1) is 14.5. The van der Waals surface area contributed by atoms with E-state index in [9.17, 15) is 8.42 Å². The SMILES string of the molecule is O=S1(=O)c2cccc3cccc(c23)N1CCCN1CCC(c2ccc(Cl)cc2)CC1. The van der Waals surface area contributed by atoms with Gasteiger partial charge in [-0.1, -0.05) is 48.0 Å². The molecule has 5 rings (SSSR count). The molecule has 6 heteroatoms. The maximum Gasteiger partial charge on any atom is 0.265 e. The van der Waals surface area contributed by atoms with Gasteiger partial charge in [0.2, 0.25) is 0 Å². The first-order valence-electron chi connectivity index (χ1n) is 10.6. The Morgan fingerprint density at radius 2 is 1.60 bits per heavy atom. The maximum absolute atomic E-state index is 13.1. The van der Waals surface area contributed by atoms with E-state index in [4.69, 9.17) is 11.6 Å². The Morgan fingerprint density at radius 1 is 0.900 bits per heavy atom. The van der Waals surface area contributed by atoms with Crippen LogP contribution in [0.3, 0.4) is 0 Å². The number of hydrogen-bond acceptors (Lipinski definition) is 3. The molecule has 3 aromatic carbocycles. The maximum atomic E-state index is 13.1. The van der Waals surface area contributed by atoms with Gasteiger partial charge in [0.05, 0.1) is 10.6 Å². The average molecular weight is 441 g/mol. The van der Waals surface area contributed by atoms with Crippen LogP contribution in [0.1, 0.15) is 30.7 Å². The van der Waals surface area contributed by atoms with E-state index < -0.39 is 10.0 Å². The zero-order valence-corrected chi connectivity index (χ0v) is 18.4. The van der Waals surface area contributed by atoms with Gasteiger partial charge in [-0.05, 0) is 80.0 Å². The van der Waals surface area contributed by atoms with Crippen molar-refractivity contribution < 1.29 is 8.42 Å². The number of sulfonamides is 1. The minimum absolute atomic E-state index is 0.444. The second kappa shape index (κ2) is 7.88. The molecule has 0 spiro atoms. The third-order valence-electron chi connectivity index (χ3n) is 6.45. The molecule has 4 nitrogen and oxygen atoms in total. The van der Waals surface area contributed by atoms with E-state index in [0.29, 0.717) is 17.4 Å². The Labute approximate surface area is 183 Å². The van der Waals surface area contributed by atoms with E-state index in [1.807, 2.05) is 42.5 Å². The number of hydrogen-bond donors (Lipinski definition) is 0. The Bertz CT molecular complexity index is 1160. The number of likely N-dealkylation sites (tertiary alicyclic amines) is 1. The summed E-state index contributed by atoms with van der Waals surface area (Å²) in [5.74, 6) is 0.588. The van der Waals surface area contributed by atoms with Crippen molar-refractivity contribution in [2.45, 2.75) is 30.1 Å². The van der Waals surface area contributed by atoms with Crippen LogP contribution in [-0.4, -0.2) is 39.5 Å². The summed E-state index contributed by atoms with van der Waals surface area (Å²) in [6, 6.07) is 19.6. The molecule has 156 valence electrons. The zero-order valence-electron chi connectivity index (χ0n) is 16.8. The number of halogens is 1. The third kappa shape index (κ3) is 3.49. The van der Waals surface area contributed by atoms with Crippen molar-refractivity contribution in [3.8, 4) is 0 Å². The highest BCUT2D eigenvalue weighted by Gasteiger charge is 2.35. The number of benzene rings is 3. The number of piperidine rings is 1. The van der Waals surface area contributed by atoms with Gasteiger partial charge in [0.1, 0.15) is 0 Å². The Morgan fingerprint density at radius 3 is 2.33 bits per heavy atom.